The highest BCUT2D eigenvalue weighted by Crippen LogP contribution is 2.15. The molecule has 0 aromatic heterocycles. The number of rotatable bonds is 5. The lowest BCUT2D eigenvalue weighted by Crippen LogP contribution is -2.38. The monoisotopic (exact) mass is 237 g/mol. The molecular weight excluding hydrogens is 210 g/mol. The minimum absolute atomic E-state index is 0.595. The molecule has 3 nitrogen and oxygen atoms in total. The van der Waals surface area contributed by atoms with Crippen LogP contribution in [0.2, 0.25) is 0 Å². The predicted molar refractivity (Wildman–Crippen MR) is 71.6 cm³/mol. The number of nitrogens with two attached hydrogens (primary N) is 1. The molecule has 1 fully saturated rings. The zero-order valence-electron chi connectivity index (χ0n) is 11.2. The molecule has 0 spiro atoms. The van der Waals surface area contributed by atoms with E-state index in [2.05, 4.69) is 11.0 Å². The number of nitrogens with zero attached hydrogens (tertiary/aromatic N) is 2. The van der Waals surface area contributed by atoms with Crippen molar-refractivity contribution in [2.24, 2.45) is 5.73 Å². The number of hydrogen-bond acceptors (Lipinski definition) is 3. The van der Waals surface area contributed by atoms with Gasteiger partial charge >= 0.3 is 0 Å². The highest BCUT2D eigenvalue weighted by molar-refractivity contribution is 5.03. The Hall–Kier alpha value is -0.590. The topological polar surface area (TPSA) is 53.1 Å². The van der Waals surface area contributed by atoms with Crippen LogP contribution < -0.4 is 5.73 Å². The standard InChI is InChI=1S/C14H27N3/c1-2-14(16,13-15)9-8-12-17-10-6-4-3-5-7-11-17/h2-12,16H2,1H3. The van der Waals surface area contributed by atoms with Gasteiger partial charge in [-0.1, -0.05) is 26.2 Å². The highest BCUT2D eigenvalue weighted by Gasteiger charge is 2.21. The van der Waals surface area contributed by atoms with Crippen LogP contribution in [0.3, 0.4) is 0 Å². The maximum atomic E-state index is 9.02. The summed E-state index contributed by atoms with van der Waals surface area (Å²) in [7, 11) is 0. The van der Waals surface area contributed by atoms with Crippen LogP contribution in [-0.4, -0.2) is 30.1 Å². The molecule has 1 unspecified atom stereocenters. The van der Waals surface area contributed by atoms with Gasteiger partial charge in [0.1, 0.15) is 5.54 Å². The first-order valence-corrected chi connectivity index (χ1v) is 7.13. The fourth-order valence-corrected chi connectivity index (χ4v) is 2.47. The summed E-state index contributed by atoms with van der Waals surface area (Å²) in [5.74, 6) is 0. The second-order valence-electron chi connectivity index (χ2n) is 5.33. The summed E-state index contributed by atoms with van der Waals surface area (Å²) in [4.78, 5) is 2.55. The van der Waals surface area contributed by atoms with Crippen molar-refractivity contribution >= 4 is 0 Å². The van der Waals surface area contributed by atoms with Gasteiger partial charge in [0.2, 0.25) is 0 Å². The molecular formula is C14H27N3. The van der Waals surface area contributed by atoms with Gasteiger partial charge in [-0.3, -0.25) is 0 Å². The molecule has 17 heavy (non-hydrogen) atoms. The van der Waals surface area contributed by atoms with Crippen molar-refractivity contribution in [1.29, 1.82) is 5.26 Å². The van der Waals surface area contributed by atoms with E-state index in [1.807, 2.05) is 6.92 Å². The van der Waals surface area contributed by atoms with E-state index in [1.165, 1.54) is 45.2 Å². The fourth-order valence-electron chi connectivity index (χ4n) is 2.47. The van der Waals surface area contributed by atoms with Crippen LogP contribution in [0, 0.1) is 11.3 Å². The molecule has 1 aliphatic rings. The average molecular weight is 237 g/mol. The molecule has 0 aliphatic carbocycles. The predicted octanol–water partition coefficient (Wildman–Crippen LogP) is 2.66. The SMILES string of the molecule is CCC(N)(C#N)CCCN1CCCCCCC1. The Labute approximate surface area is 106 Å². The third-order valence-corrected chi connectivity index (χ3v) is 3.90. The van der Waals surface area contributed by atoms with Crippen LogP contribution in [0.5, 0.6) is 0 Å². The lowest BCUT2D eigenvalue weighted by Gasteiger charge is -2.26. The van der Waals surface area contributed by atoms with Crippen molar-refractivity contribution < 1.29 is 0 Å². The number of hydrogen-bond donors (Lipinski definition) is 1. The van der Waals surface area contributed by atoms with Gasteiger partial charge in [-0.05, 0) is 51.7 Å². The quantitative estimate of drug-likeness (QED) is 0.800. The maximum absolute atomic E-state index is 9.02. The Balaban J connectivity index is 2.22. The van der Waals surface area contributed by atoms with Gasteiger partial charge in [0.15, 0.2) is 0 Å². The molecule has 0 saturated carbocycles. The molecule has 3 heteroatoms. The molecule has 98 valence electrons. The lowest BCUT2D eigenvalue weighted by molar-refractivity contribution is 0.237. The van der Waals surface area contributed by atoms with E-state index >= 15 is 0 Å². The average Bonchev–Trinajstić information content (AvgIpc) is 2.31. The van der Waals surface area contributed by atoms with Crippen LogP contribution in [0.15, 0.2) is 0 Å². The molecule has 0 amide bonds. The number of nitriles is 1. The highest BCUT2D eigenvalue weighted by atomic mass is 15.1. The first-order valence-electron chi connectivity index (χ1n) is 7.13. The zero-order chi connectivity index (χ0) is 12.6. The van der Waals surface area contributed by atoms with Crippen molar-refractivity contribution in [3.05, 3.63) is 0 Å². The first kappa shape index (κ1) is 14.5. The summed E-state index contributed by atoms with van der Waals surface area (Å²) in [6, 6.07) is 2.25. The van der Waals surface area contributed by atoms with Gasteiger partial charge in [-0.2, -0.15) is 5.26 Å². The third-order valence-electron chi connectivity index (χ3n) is 3.90. The van der Waals surface area contributed by atoms with Gasteiger partial charge in [-0.15, -0.1) is 0 Å². The second kappa shape index (κ2) is 7.68. The van der Waals surface area contributed by atoms with Gasteiger partial charge < -0.3 is 10.6 Å². The van der Waals surface area contributed by atoms with Gasteiger partial charge in [0.05, 0.1) is 6.07 Å². The summed E-state index contributed by atoms with van der Waals surface area (Å²) in [6.45, 7) is 5.58. The minimum atomic E-state index is -0.595. The van der Waals surface area contributed by atoms with Crippen LogP contribution in [-0.2, 0) is 0 Å². The Bertz CT molecular complexity index is 238. The molecule has 1 rings (SSSR count). The molecule has 0 aromatic rings. The molecule has 1 aliphatic heterocycles. The van der Waals surface area contributed by atoms with Crippen LogP contribution >= 0.6 is 0 Å². The van der Waals surface area contributed by atoms with E-state index in [0.29, 0.717) is 0 Å². The first-order chi connectivity index (χ1) is 8.20. The van der Waals surface area contributed by atoms with Crippen molar-refractivity contribution in [2.45, 2.75) is 63.8 Å². The molecule has 0 bridgehead atoms. The summed E-state index contributed by atoms with van der Waals surface area (Å²) in [5, 5.41) is 9.02. The Morgan fingerprint density at radius 2 is 1.76 bits per heavy atom. The van der Waals surface area contributed by atoms with Crippen molar-refractivity contribution in [3.63, 3.8) is 0 Å². The lowest BCUT2D eigenvalue weighted by atomic mass is 9.93. The van der Waals surface area contributed by atoms with E-state index in [4.69, 9.17) is 11.0 Å². The second-order valence-corrected chi connectivity index (χ2v) is 5.33. The normalized spacial score (nSPS) is 22.2. The summed E-state index contributed by atoms with van der Waals surface area (Å²) < 4.78 is 0. The van der Waals surface area contributed by atoms with Crippen LogP contribution in [0.25, 0.3) is 0 Å². The molecule has 1 atom stereocenters. The van der Waals surface area contributed by atoms with E-state index in [9.17, 15) is 0 Å². The third kappa shape index (κ3) is 5.52. The molecule has 0 radical (unpaired) electrons. The Morgan fingerprint density at radius 3 is 2.29 bits per heavy atom. The van der Waals surface area contributed by atoms with Gasteiger partial charge in [0, 0.05) is 0 Å². The number of likely N-dealkylation sites (tertiary alicyclic amines) is 1. The fraction of sp³-hybridized carbons (Fsp3) is 0.929. The van der Waals surface area contributed by atoms with E-state index in [-0.39, 0.29) is 0 Å². The van der Waals surface area contributed by atoms with E-state index < -0.39 is 5.54 Å². The van der Waals surface area contributed by atoms with Gasteiger partial charge in [-0.25, -0.2) is 0 Å². The summed E-state index contributed by atoms with van der Waals surface area (Å²) in [5.41, 5.74) is 5.39. The maximum Gasteiger partial charge on any atom is 0.104 e. The van der Waals surface area contributed by atoms with Crippen LogP contribution in [0.4, 0.5) is 0 Å². The van der Waals surface area contributed by atoms with E-state index in [0.717, 1.165) is 25.8 Å². The zero-order valence-corrected chi connectivity index (χ0v) is 11.2. The van der Waals surface area contributed by atoms with Crippen LogP contribution in [0.1, 0.15) is 58.3 Å². The smallest absolute Gasteiger partial charge is 0.104 e. The molecule has 1 heterocycles. The minimum Gasteiger partial charge on any atom is -0.313 e. The van der Waals surface area contributed by atoms with E-state index in [1.54, 1.807) is 0 Å². The summed E-state index contributed by atoms with van der Waals surface area (Å²) in [6.07, 6.45) is 9.47. The molecule has 1 saturated heterocycles. The molecule has 2 N–H and O–H groups in total. The van der Waals surface area contributed by atoms with Crippen molar-refractivity contribution in [1.82, 2.24) is 4.90 Å². The largest absolute Gasteiger partial charge is 0.313 e. The Kier molecular flexibility index (Phi) is 6.54. The summed E-state index contributed by atoms with van der Waals surface area (Å²) >= 11 is 0. The van der Waals surface area contributed by atoms with Gasteiger partial charge in [0.25, 0.3) is 0 Å². The Morgan fingerprint density at radius 1 is 1.18 bits per heavy atom. The van der Waals surface area contributed by atoms with Crippen molar-refractivity contribution in [3.8, 4) is 6.07 Å². The molecule has 0 aromatic carbocycles. The van der Waals surface area contributed by atoms with Crippen molar-refractivity contribution in [2.75, 3.05) is 19.6 Å².